The number of hydrogen-bond acceptors (Lipinski definition) is 3. The van der Waals surface area contributed by atoms with Crippen molar-refractivity contribution in [3.8, 4) is 5.75 Å². The summed E-state index contributed by atoms with van der Waals surface area (Å²) in [6.45, 7) is 4.80. The molecule has 2 N–H and O–H groups in total. The summed E-state index contributed by atoms with van der Waals surface area (Å²) >= 11 is 3.42. The number of carboxylic acids is 1. The Kier molecular flexibility index (Phi) is 5.94. The molecule has 0 aliphatic rings. The van der Waals surface area contributed by atoms with Gasteiger partial charge in [0, 0.05) is 9.86 Å². The zero-order valence-electron chi connectivity index (χ0n) is 16.4. The molecule has 3 rings (SSSR count). The van der Waals surface area contributed by atoms with Gasteiger partial charge in [0.25, 0.3) is 5.91 Å². The topological polar surface area (TPSA) is 75.6 Å². The summed E-state index contributed by atoms with van der Waals surface area (Å²) in [4.78, 5) is 24.4. The zero-order chi connectivity index (χ0) is 21.2. The van der Waals surface area contributed by atoms with E-state index in [0.29, 0.717) is 11.3 Å². The summed E-state index contributed by atoms with van der Waals surface area (Å²) < 4.78 is 7.22. The fraction of sp³-hybridized carbons (Fsp3) is 0.217. The third-order valence-corrected chi connectivity index (χ3v) is 5.25. The second-order valence-electron chi connectivity index (χ2n) is 7.36. The number of carbonyl (C=O) groups excluding carboxylic acids is 1. The molecular formula is C23H22BrNO4. The van der Waals surface area contributed by atoms with Crippen LogP contribution in [0.4, 0.5) is 0 Å². The minimum Gasteiger partial charge on any atom is -0.485 e. The maximum atomic E-state index is 12.9. The Morgan fingerprint density at radius 1 is 1.03 bits per heavy atom. The van der Waals surface area contributed by atoms with Crippen molar-refractivity contribution in [3.63, 3.8) is 0 Å². The Bertz CT molecular complexity index is 1060. The maximum absolute atomic E-state index is 12.9. The van der Waals surface area contributed by atoms with E-state index in [1.807, 2.05) is 61.5 Å². The van der Waals surface area contributed by atoms with E-state index in [2.05, 4.69) is 21.2 Å². The SMILES string of the molecule is CC(Oc1c(C(=O)NC(C)(C)C(=O)O)ccc2ccccc12)c1ccc(Br)cc1. The maximum Gasteiger partial charge on any atom is 0.328 e. The van der Waals surface area contributed by atoms with Crippen LogP contribution in [0.15, 0.2) is 65.1 Å². The number of amides is 1. The number of nitrogens with one attached hydrogen (secondary N) is 1. The number of ether oxygens (including phenoxy) is 1. The number of aliphatic carboxylic acids is 1. The average Bonchev–Trinajstić information content (AvgIpc) is 2.68. The normalized spacial score (nSPS) is 12.4. The van der Waals surface area contributed by atoms with Crippen LogP contribution in [-0.2, 0) is 4.79 Å². The summed E-state index contributed by atoms with van der Waals surface area (Å²) in [5.74, 6) is -1.18. The van der Waals surface area contributed by atoms with Crippen molar-refractivity contribution in [1.29, 1.82) is 0 Å². The van der Waals surface area contributed by atoms with Gasteiger partial charge in [-0.1, -0.05) is 58.4 Å². The molecule has 0 radical (unpaired) electrons. The number of benzene rings is 3. The van der Waals surface area contributed by atoms with Gasteiger partial charge < -0.3 is 15.2 Å². The van der Waals surface area contributed by atoms with Crippen LogP contribution in [0.1, 0.15) is 42.8 Å². The van der Waals surface area contributed by atoms with Crippen molar-refractivity contribution in [2.24, 2.45) is 0 Å². The molecule has 1 atom stereocenters. The fourth-order valence-corrected chi connectivity index (χ4v) is 3.20. The van der Waals surface area contributed by atoms with E-state index in [9.17, 15) is 14.7 Å². The first kappa shape index (κ1) is 20.9. The van der Waals surface area contributed by atoms with Gasteiger partial charge in [-0.2, -0.15) is 0 Å². The average molecular weight is 456 g/mol. The van der Waals surface area contributed by atoms with Crippen molar-refractivity contribution in [1.82, 2.24) is 5.32 Å². The Hall–Kier alpha value is -2.86. The molecule has 0 aliphatic carbocycles. The predicted molar refractivity (Wildman–Crippen MR) is 116 cm³/mol. The highest BCUT2D eigenvalue weighted by Gasteiger charge is 2.31. The lowest BCUT2D eigenvalue weighted by Gasteiger charge is -2.23. The molecule has 0 aromatic heterocycles. The van der Waals surface area contributed by atoms with Gasteiger partial charge in [0.05, 0.1) is 5.56 Å². The molecule has 1 amide bonds. The number of carbonyl (C=O) groups is 2. The van der Waals surface area contributed by atoms with Crippen LogP contribution in [0.5, 0.6) is 5.75 Å². The summed E-state index contributed by atoms with van der Waals surface area (Å²) in [5.41, 5.74) is -0.155. The van der Waals surface area contributed by atoms with Gasteiger partial charge in [-0.05, 0) is 49.9 Å². The Balaban J connectivity index is 2.03. The van der Waals surface area contributed by atoms with E-state index in [1.54, 1.807) is 6.07 Å². The summed E-state index contributed by atoms with van der Waals surface area (Å²) in [5, 5.41) is 13.6. The van der Waals surface area contributed by atoms with Crippen LogP contribution >= 0.6 is 15.9 Å². The fourth-order valence-electron chi connectivity index (χ4n) is 2.93. The monoisotopic (exact) mass is 455 g/mol. The largest absolute Gasteiger partial charge is 0.485 e. The molecule has 0 bridgehead atoms. The first-order valence-corrected chi connectivity index (χ1v) is 9.98. The first-order chi connectivity index (χ1) is 13.7. The Morgan fingerprint density at radius 3 is 2.34 bits per heavy atom. The van der Waals surface area contributed by atoms with Crippen LogP contribution < -0.4 is 10.1 Å². The zero-order valence-corrected chi connectivity index (χ0v) is 18.0. The number of hydrogen-bond donors (Lipinski definition) is 2. The molecule has 0 aliphatic heterocycles. The molecule has 0 saturated carbocycles. The van der Waals surface area contributed by atoms with E-state index in [-0.39, 0.29) is 6.10 Å². The molecule has 29 heavy (non-hydrogen) atoms. The van der Waals surface area contributed by atoms with Crippen molar-refractivity contribution in [3.05, 3.63) is 76.3 Å². The number of carboxylic acid groups (broad SMARTS) is 1. The lowest BCUT2D eigenvalue weighted by atomic mass is 10.0. The lowest BCUT2D eigenvalue weighted by molar-refractivity contribution is -0.143. The van der Waals surface area contributed by atoms with Crippen molar-refractivity contribution < 1.29 is 19.4 Å². The molecule has 150 valence electrons. The minimum absolute atomic E-state index is 0.294. The molecule has 0 heterocycles. The molecule has 3 aromatic rings. The molecule has 0 spiro atoms. The summed E-state index contributed by atoms with van der Waals surface area (Å²) in [6, 6.07) is 18.9. The van der Waals surface area contributed by atoms with E-state index in [4.69, 9.17) is 4.74 Å². The minimum atomic E-state index is -1.41. The van der Waals surface area contributed by atoms with E-state index in [0.717, 1.165) is 20.8 Å². The molecular weight excluding hydrogens is 434 g/mol. The third kappa shape index (κ3) is 4.59. The van der Waals surface area contributed by atoms with Crippen LogP contribution in [0.25, 0.3) is 10.8 Å². The molecule has 6 heteroatoms. The van der Waals surface area contributed by atoms with Crippen molar-refractivity contribution >= 4 is 38.6 Å². The van der Waals surface area contributed by atoms with Gasteiger partial charge in [0.1, 0.15) is 17.4 Å². The molecule has 5 nitrogen and oxygen atoms in total. The van der Waals surface area contributed by atoms with Crippen molar-refractivity contribution in [2.45, 2.75) is 32.4 Å². The quantitative estimate of drug-likeness (QED) is 0.526. The van der Waals surface area contributed by atoms with E-state index < -0.39 is 17.4 Å². The third-order valence-electron chi connectivity index (χ3n) is 4.72. The van der Waals surface area contributed by atoms with Crippen LogP contribution in [0.2, 0.25) is 0 Å². The second-order valence-corrected chi connectivity index (χ2v) is 8.27. The van der Waals surface area contributed by atoms with Crippen molar-refractivity contribution in [2.75, 3.05) is 0 Å². The Labute approximate surface area is 177 Å². The van der Waals surface area contributed by atoms with Gasteiger partial charge in [0.15, 0.2) is 0 Å². The highest BCUT2D eigenvalue weighted by atomic mass is 79.9. The first-order valence-electron chi connectivity index (χ1n) is 9.19. The number of fused-ring (bicyclic) bond motifs is 1. The highest BCUT2D eigenvalue weighted by molar-refractivity contribution is 9.10. The van der Waals surface area contributed by atoms with Gasteiger partial charge in [-0.15, -0.1) is 0 Å². The van der Waals surface area contributed by atoms with Gasteiger partial charge >= 0.3 is 5.97 Å². The molecule has 3 aromatic carbocycles. The molecule has 0 saturated heterocycles. The predicted octanol–water partition coefficient (Wildman–Crippen LogP) is 5.34. The van der Waals surface area contributed by atoms with Gasteiger partial charge in [-0.3, -0.25) is 4.79 Å². The smallest absolute Gasteiger partial charge is 0.328 e. The van der Waals surface area contributed by atoms with Crippen LogP contribution in [0.3, 0.4) is 0 Å². The van der Waals surface area contributed by atoms with E-state index >= 15 is 0 Å². The van der Waals surface area contributed by atoms with E-state index in [1.165, 1.54) is 13.8 Å². The van der Waals surface area contributed by atoms with Gasteiger partial charge in [0.2, 0.25) is 0 Å². The van der Waals surface area contributed by atoms with Gasteiger partial charge in [-0.25, -0.2) is 4.79 Å². The lowest BCUT2D eigenvalue weighted by Crippen LogP contribution is -2.49. The molecule has 0 fully saturated rings. The summed E-state index contributed by atoms with van der Waals surface area (Å²) in [7, 11) is 0. The second kappa shape index (κ2) is 8.25. The highest BCUT2D eigenvalue weighted by Crippen LogP contribution is 2.34. The number of halogens is 1. The van der Waals surface area contributed by atoms with Crippen LogP contribution in [0, 0.1) is 0 Å². The Morgan fingerprint density at radius 2 is 1.69 bits per heavy atom. The summed E-state index contributed by atoms with van der Waals surface area (Å²) in [6.07, 6.45) is -0.312. The number of rotatable bonds is 6. The standard InChI is InChI=1S/C23H22BrNO4/c1-14(15-8-11-17(24)12-9-15)29-20-18-7-5-4-6-16(18)10-13-19(20)21(26)25-23(2,3)22(27)28/h4-14H,1-3H3,(H,25,26)(H,27,28). The van der Waals surface area contributed by atoms with Crippen LogP contribution in [-0.4, -0.2) is 22.5 Å². The molecule has 1 unspecified atom stereocenters.